The van der Waals surface area contributed by atoms with Crippen LogP contribution in [0.3, 0.4) is 0 Å². The van der Waals surface area contributed by atoms with Crippen LogP contribution < -0.4 is 10.1 Å². The van der Waals surface area contributed by atoms with Gasteiger partial charge in [0.1, 0.15) is 5.75 Å². The Morgan fingerprint density at radius 3 is 2.67 bits per heavy atom. The van der Waals surface area contributed by atoms with Gasteiger partial charge in [-0.15, -0.1) is 0 Å². The van der Waals surface area contributed by atoms with Crippen LogP contribution in [0.15, 0.2) is 53.0 Å². The van der Waals surface area contributed by atoms with E-state index in [-0.39, 0.29) is 6.61 Å². The molecule has 2 rings (SSSR count). The maximum Gasteiger partial charge on any atom is 0.344 e. The van der Waals surface area contributed by atoms with Crippen LogP contribution in [0.2, 0.25) is 5.02 Å². The second-order valence-corrected chi connectivity index (χ2v) is 6.17. The molecule has 1 atom stereocenters. The first-order chi connectivity index (χ1) is 11.5. The summed E-state index contributed by atoms with van der Waals surface area (Å²) >= 11 is 9.27. The standard InChI is InChI=1S/C17H15BrClNO4/c1-11(17(22)20-15-8-3-2-7-14(15)19)24-16(21)10-23-13-6-4-5-12(18)9-13/h2-9,11H,10H2,1H3,(H,20,22). The molecule has 0 fully saturated rings. The van der Waals surface area contributed by atoms with E-state index >= 15 is 0 Å². The second-order valence-electron chi connectivity index (χ2n) is 4.85. The highest BCUT2D eigenvalue weighted by atomic mass is 79.9. The van der Waals surface area contributed by atoms with E-state index in [1.165, 1.54) is 6.92 Å². The third-order valence-corrected chi connectivity index (χ3v) is 3.78. The minimum absolute atomic E-state index is 0.292. The molecule has 2 aromatic rings. The van der Waals surface area contributed by atoms with Crippen LogP contribution >= 0.6 is 27.5 Å². The number of hydrogen-bond acceptors (Lipinski definition) is 4. The molecule has 0 heterocycles. The lowest BCUT2D eigenvalue weighted by atomic mass is 10.3. The van der Waals surface area contributed by atoms with Gasteiger partial charge >= 0.3 is 5.97 Å². The number of rotatable bonds is 6. The topological polar surface area (TPSA) is 64.6 Å². The molecule has 0 radical (unpaired) electrons. The Balaban J connectivity index is 1.82. The summed E-state index contributed by atoms with van der Waals surface area (Å²) in [5.41, 5.74) is 0.456. The van der Waals surface area contributed by atoms with E-state index in [2.05, 4.69) is 21.2 Å². The monoisotopic (exact) mass is 411 g/mol. The first kappa shape index (κ1) is 18.3. The van der Waals surface area contributed by atoms with Crippen LogP contribution in [0.5, 0.6) is 5.75 Å². The molecule has 0 aromatic heterocycles. The number of nitrogens with one attached hydrogen (secondary N) is 1. The summed E-state index contributed by atoms with van der Waals surface area (Å²) in [6, 6.07) is 13.9. The van der Waals surface area contributed by atoms with Gasteiger partial charge in [-0.3, -0.25) is 4.79 Å². The van der Waals surface area contributed by atoms with E-state index in [1.807, 2.05) is 6.07 Å². The van der Waals surface area contributed by atoms with Crippen molar-refractivity contribution in [2.45, 2.75) is 13.0 Å². The maximum atomic E-state index is 12.0. The molecular formula is C17H15BrClNO4. The lowest BCUT2D eigenvalue weighted by Gasteiger charge is -2.14. The van der Waals surface area contributed by atoms with Crippen molar-refractivity contribution in [1.82, 2.24) is 0 Å². The van der Waals surface area contributed by atoms with Crippen LogP contribution in [0.25, 0.3) is 0 Å². The average Bonchev–Trinajstić information content (AvgIpc) is 2.55. The zero-order chi connectivity index (χ0) is 17.5. The predicted octanol–water partition coefficient (Wildman–Crippen LogP) is 4.05. The van der Waals surface area contributed by atoms with Crippen molar-refractivity contribution in [3.63, 3.8) is 0 Å². The molecule has 126 valence electrons. The Bertz CT molecular complexity index is 738. The van der Waals surface area contributed by atoms with E-state index < -0.39 is 18.0 Å². The summed E-state index contributed by atoms with van der Waals surface area (Å²) in [5, 5.41) is 3.01. The Hall–Kier alpha value is -2.05. The summed E-state index contributed by atoms with van der Waals surface area (Å²) in [5.74, 6) is -0.592. The summed E-state index contributed by atoms with van der Waals surface area (Å²) < 4.78 is 11.2. The largest absolute Gasteiger partial charge is 0.482 e. The molecule has 0 saturated carbocycles. The third-order valence-electron chi connectivity index (χ3n) is 2.96. The van der Waals surface area contributed by atoms with Gasteiger partial charge in [-0.05, 0) is 37.3 Å². The Morgan fingerprint density at radius 2 is 1.96 bits per heavy atom. The molecule has 5 nitrogen and oxygen atoms in total. The summed E-state index contributed by atoms with van der Waals surface area (Å²) in [6.07, 6.45) is -0.972. The average molecular weight is 413 g/mol. The zero-order valence-corrected chi connectivity index (χ0v) is 15.1. The molecule has 1 amide bonds. The Labute approximate surface area is 153 Å². The van der Waals surface area contributed by atoms with Gasteiger partial charge in [0.15, 0.2) is 12.7 Å². The van der Waals surface area contributed by atoms with Crippen molar-refractivity contribution >= 4 is 45.1 Å². The quantitative estimate of drug-likeness (QED) is 0.727. The molecule has 24 heavy (non-hydrogen) atoms. The first-order valence-corrected chi connectivity index (χ1v) is 8.26. The molecule has 7 heteroatoms. The van der Waals surface area contributed by atoms with Crippen LogP contribution in [0.4, 0.5) is 5.69 Å². The number of carbonyl (C=O) groups excluding carboxylic acids is 2. The van der Waals surface area contributed by atoms with Crippen molar-refractivity contribution in [3.8, 4) is 5.75 Å². The fourth-order valence-electron chi connectivity index (χ4n) is 1.78. The molecule has 0 saturated heterocycles. The third kappa shape index (κ3) is 5.54. The van der Waals surface area contributed by atoms with Gasteiger partial charge in [0.2, 0.25) is 0 Å². The van der Waals surface area contributed by atoms with E-state index in [0.717, 1.165) is 4.47 Å². The van der Waals surface area contributed by atoms with E-state index in [9.17, 15) is 9.59 Å². The van der Waals surface area contributed by atoms with Crippen molar-refractivity contribution in [1.29, 1.82) is 0 Å². The molecule has 0 aliphatic carbocycles. The lowest BCUT2D eigenvalue weighted by Crippen LogP contribution is -2.31. The molecular weight excluding hydrogens is 398 g/mol. The number of amides is 1. The number of ether oxygens (including phenoxy) is 2. The van der Waals surface area contributed by atoms with E-state index in [4.69, 9.17) is 21.1 Å². The number of benzene rings is 2. The van der Waals surface area contributed by atoms with Gasteiger partial charge < -0.3 is 14.8 Å². The molecule has 2 aromatic carbocycles. The van der Waals surface area contributed by atoms with Crippen LogP contribution in [-0.2, 0) is 14.3 Å². The number of anilines is 1. The van der Waals surface area contributed by atoms with Gasteiger partial charge in [-0.2, -0.15) is 0 Å². The maximum absolute atomic E-state index is 12.0. The number of halogens is 2. The van der Waals surface area contributed by atoms with Gasteiger partial charge in [0.25, 0.3) is 5.91 Å². The number of para-hydroxylation sites is 1. The number of carbonyl (C=O) groups is 2. The van der Waals surface area contributed by atoms with Crippen molar-refractivity contribution in [3.05, 3.63) is 58.0 Å². The highest BCUT2D eigenvalue weighted by Crippen LogP contribution is 2.21. The van der Waals surface area contributed by atoms with Gasteiger partial charge in [0.05, 0.1) is 10.7 Å². The zero-order valence-electron chi connectivity index (χ0n) is 12.8. The minimum atomic E-state index is -0.972. The van der Waals surface area contributed by atoms with Crippen molar-refractivity contribution in [2.75, 3.05) is 11.9 Å². The highest BCUT2D eigenvalue weighted by Gasteiger charge is 2.19. The Morgan fingerprint density at radius 1 is 1.21 bits per heavy atom. The fourth-order valence-corrected chi connectivity index (χ4v) is 2.34. The van der Waals surface area contributed by atoms with Crippen LogP contribution in [0.1, 0.15) is 6.92 Å². The normalized spacial score (nSPS) is 11.5. The van der Waals surface area contributed by atoms with Gasteiger partial charge in [-0.25, -0.2) is 4.79 Å². The lowest BCUT2D eigenvalue weighted by molar-refractivity contribution is -0.155. The Kier molecular flexibility index (Phi) is 6.63. The highest BCUT2D eigenvalue weighted by molar-refractivity contribution is 9.10. The second kappa shape index (κ2) is 8.70. The summed E-state index contributed by atoms with van der Waals surface area (Å²) in [4.78, 5) is 23.8. The summed E-state index contributed by atoms with van der Waals surface area (Å²) in [7, 11) is 0. The van der Waals surface area contributed by atoms with Gasteiger partial charge in [0, 0.05) is 4.47 Å². The smallest absolute Gasteiger partial charge is 0.344 e. The fraction of sp³-hybridized carbons (Fsp3) is 0.176. The molecule has 0 bridgehead atoms. The van der Waals surface area contributed by atoms with E-state index in [1.54, 1.807) is 42.5 Å². The number of hydrogen-bond donors (Lipinski definition) is 1. The van der Waals surface area contributed by atoms with Crippen molar-refractivity contribution in [2.24, 2.45) is 0 Å². The predicted molar refractivity (Wildman–Crippen MR) is 95.3 cm³/mol. The van der Waals surface area contributed by atoms with Gasteiger partial charge in [-0.1, -0.05) is 45.7 Å². The van der Waals surface area contributed by atoms with Crippen LogP contribution in [-0.4, -0.2) is 24.6 Å². The molecule has 0 aliphatic heterocycles. The molecule has 0 spiro atoms. The number of esters is 1. The van der Waals surface area contributed by atoms with Crippen LogP contribution in [0, 0.1) is 0 Å². The van der Waals surface area contributed by atoms with E-state index in [0.29, 0.717) is 16.5 Å². The van der Waals surface area contributed by atoms with Crippen molar-refractivity contribution < 1.29 is 19.1 Å². The molecule has 1 N–H and O–H groups in total. The molecule has 1 unspecified atom stereocenters. The SMILES string of the molecule is CC(OC(=O)COc1cccc(Br)c1)C(=O)Nc1ccccc1Cl. The summed E-state index contributed by atoms with van der Waals surface area (Å²) in [6.45, 7) is 1.18. The minimum Gasteiger partial charge on any atom is -0.482 e. The molecule has 0 aliphatic rings. The first-order valence-electron chi connectivity index (χ1n) is 7.09.